The topological polar surface area (TPSA) is 87.2 Å². The second-order valence-electron chi connectivity index (χ2n) is 7.41. The molecule has 2 aromatic heterocycles. The van der Waals surface area contributed by atoms with E-state index in [1.807, 2.05) is 60.7 Å². The molecular formula is C21H24N8. The van der Waals surface area contributed by atoms with Crippen LogP contribution in [0.5, 0.6) is 0 Å². The molecule has 0 N–H and O–H groups in total. The zero-order chi connectivity index (χ0) is 20.3. The molecule has 0 amide bonds. The normalized spacial score (nSPS) is 14.4. The van der Waals surface area contributed by atoms with Crippen LogP contribution in [0.25, 0.3) is 22.8 Å². The molecule has 0 saturated carbocycles. The van der Waals surface area contributed by atoms with Crippen molar-refractivity contribution in [1.82, 2.24) is 40.4 Å². The lowest BCUT2D eigenvalue weighted by Crippen LogP contribution is -2.40. The fourth-order valence-corrected chi connectivity index (χ4v) is 3.29. The predicted octanol–water partition coefficient (Wildman–Crippen LogP) is 3.46. The van der Waals surface area contributed by atoms with Gasteiger partial charge in [0.2, 0.25) is 11.6 Å². The van der Waals surface area contributed by atoms with E-state index < -0.39 is 0 Å². The van der Waals surface area contributed by atoms with Crippen molar-refractivity contribution in [2.75, 3.05) is 0 Å². The minimum Gasteiger partial charge on any atom is -0.163 e. The first-order valence-corrected chi connectivity index (χ1v) is 9.79. The predicted molar refractivity (Wildman–Crippen MR) is 110 cm³/mol. The van der Waals surface area contributed by atoms with Gasteiger partial charge in [-0.2, -0.15) is 9.59 Å². The van der Waals surface area contributed by atoms with E-state index in [2.05, 4.69) is 51.6 Å². The summed E-state index contributed by atoms with van der Waals surface area (Å²) in [6.07, 6.45) is 0.846. The summed E-state index contributed by atoms with van der Waals surface area (Å²) >= 11 is 0. The fourth-order valence-electron chi connectivity index (χ4n) is 3.29. The quantitative estimate of drug-likeness (QED) is 0.482. The molecular weight excluding hydrogens is 364 g/mol. The second kappa shape index (κ2) is 7.90. The van der Waals surface area contributed by atoms with E-state index >= 15 is 0 Å². The Kier molecular flexibility index (Phi) is 5.16. The lowest BCUT2D eigenvalue weighted by atomic mass is 9.85. The summed E-state index contributed by atoms with van der Waals surface area (Å²) in [5.41, 5.74) is 1.58. The average molecular weight is 388 g/mol. The summed E-state index contributed by atoms with van der Waals surface area (Å²) in [4.78, 5) is 3.38. The van der Waals surface area contributed by atoms with E-state index in [-0.39, 0.29) is 11.5 Å². The number of rotatable bonds is 7. The molecule has 2 unspecified atom stereocenters. The summed E-state index contributed by atoms with van der Waals surface area (Å²) in [5, 5.41) is 26.3. The first kappa shape index (κ1) is 18.9. The molecule has 148 valence electrons. The molecule has 2 aromatic carbocycles. The van der Waals surface area contributed by atoms with E-state index in [1.165, 1.54) is 0 Å². The molecule has 0 fully saturated rings. The Hall–Kier alpha value is -3.42. The van der Waals surface area contributed by atoms with E-state index in [4.69, 9.17) is 0 Å². The monoisotopic (exact) mass is 388 g/mol. The molecule has 0 aliphatic heterocycles. The van der Waals surface area contributed by atoms with E-state index in [9.17, 15) is 0 Å². The second-order valence-corrected chi connectivity index (χ2v) is 7.41. The van der Waals surface area contributed by atoms with Crippen molar-refractivity contribution in [2.24, 2.45) is 5.92 Å². The van der Waals surface area contributed by atoms with Crippen molar-refractivity contribution < 1.29 is 0 Å². The lowest BCUT2D eigenvalue weighted by Gasteiger charge is -2.32. The summed E-state index contributed by atoms with van der Waals surface area (Å²) in [6.45, 7) is 7.03. The molecule has 29 heavy (non-hydrogen) atoms. The van der Waals surface area contributed by atoms with Gasteiger partial charge >= 0.3 is 0 Å². The third-order valence-corrected chi connectivity index (χ3v) is 5.60. The van der Waals surface area contributed by atoms with Crippen molar-refractivity contribution in [2.45, 2.75) is 39.3 Å². The summed E-state index contributed by atoms with van der Waals surface area (Å²) in [6, 6.07) is 19.7. The van der Waals surface area contributed by atoms with Gasteiger partial charge in [-0.15, -0.1) is 20.4 Å². The highest BCUT2D eigenvalue weighted by molar-refractivity contribution is 5.53. The molecule has 2 atom stereocenters. The zero-order valence-electron chi connectivity index (χ0n) is 16.8. The van der Waals surface area contributed by atoms with Crippen LogP contribution >= 0.6 is 0 Å². The largest absolute Gasteiger partial charge is 0.204 e. The summed E-state index contributed by atoms with van der Waals surface area (Å²) < 4.78 is 0. The highest BCUT2D eigenvalue weighted by Crippen LogP contribution is 2.30. The number of hydrogen-bond donors (Lipinski definition) is 0. The molecule has 0 spiro atoms. The molecule has 0 aliphatic rings. The van der Waals surface area contributed by atoms with Crippen molar-refractivity contribution in [3.8, 4) is 22.8 Å². The van der Waals surface area contributed by atoms with Gasteiger partial charge in [-0.05, 0) is 23.8 Å². The third-order valence-electron chi connectivity index (χ3n) is 5.60. The first-order valence-electron chi connectivity index (χ1n) is 9.79. The van der Waals surface area contributed by atoms with Crippen LogP contribution in [0.2, 0.25) is 0 Å². The minimum atomic E-state index is -0.333. The average Bonchev–Trinajstić information content (AvgIpc) is 3.45. The van der Waals surface area contributed by atoms with E-state index in [1.54, 1.807) is 9.59 Å². The Balaban J connectivity index is 1.54. The first-order chi connectivity index (χ1) is 14.1. The van der Waals surface area contributed by atoms with E-state index in [0.717, 1.165) is 17.5 Å². The van der Waals surface area contributed by atoms with Crippen LogP contribution in [0.3, 0.4) is 0 Å². The van der Waals surface area contributed by atoms with Gasteiger partial charge in [0, 0.05) is 17.0 Å². The summed E-state index contributed by atoms with van der Waals surface area (Å²) in [7, 11) is 0. The molecule has 8 heteroatoms. The summed E-state index contributed by atoms with van der Waals surface area (Å²) in [5.74, 6) is 1.41. The maximum absolute atomic E-state index is 4.67. The van der Waals surface area contributed by atoms with Gasteiger partial charge in [0.1, 0.15) is 0 Å². The van der Waals surface area contributed by atoms with Gasteiger partial charge < -0.3 is 0 Å². The Morgan fingerprint density at radius 3 is 1.97 bits per heavy atom. The van der Waals surface area contributed by atoms with Gasteiger partial charge in [0.25, 0.3) is 0 Å². The van der Waals surface area contributed by atoms with Crippen molar-refractivity contribution in [3.05, 3.63) is 60.7 Å². The van der Waals surface area contributed by atoms with Crippen molar-refractivity contribution >= 4 is 0 Å². The molecule has 4 rings (SSSR count). The van der Waals surface area contributed by atoms with Gasteiger partial charge in [-0.25, -0.2) is 0 Å². The van der Waals surface area contributed by atoms with Crippen LogP contribution in [0.1, 0.15) is 27.2 Å². The van der Waals surface area contributed by atoms with Crippen LogP contribution in [0.15, 0.2) is 60.7 Å². The molecule has 0 radical (unpaired) electrons. The van der Waals surface area contributed by atoms with Crippen LogP contribution in [-0.2, 0) is 12.1 Å². The number of benzene rings is 2. The molecule has 0 bridgehead atoms. The SMILES string of the molecule is CCC(C)(C(C)Cn1nnc(-c2ccccc2)n1)n1nnc(-c2ccccc2)n1. The lowest BCUT2D eigenvalue weighted by molar-refractivity contribution is 0.127. The van der Waals surface area contributed by atoms with Gasteiger partial charge in [-0.1, -0.05) is 74.5 Å². The zero-order valence-corrected chi connectivity index (χ0v) is 16.8. The van der Waals surface area contributed by atoms with Gasteiger partial charge in [0.05, 0.1) is 12.1 Å². The van der Waals surface area contributed by atoms with Gasteiger partial charge in [0.15, 0.2) is 0 Å². The highest BCUT2D eigenvalue weighted by atomic mass is 15.6. The molecule has 0 saturated heterocycles. The molecule has 2 heterocycles. The van der Waals surface area contributed by atoms with Crippen molar-refractivity contribution in [1.29, 1.82) is 0 Å². The molecule has 0 aliphatic carbocycles. The third kappa shape index (κ3) is 3.78. The van der Waals surface area contributed by atoms with Gasteiger partial charge in [-0.3, -0.25) is 0 Å². The molecule has 4 aromatic rings. The number of nitrogens with zero attached hydrogens (tertiary/aromatic N) is 8. The number of tetrazole rings is 2. The van der Waals surface area contributed by atoms with Crippen LogP contribution < -0.4 is 0 Å². The fraction of sp³-hybridized carbons (Fsp3) is 0.333. The smallest absolute Gasteiger partial charge is 0.163 e. The Labute approximate surface area is 169 Å². The van der Waals surface area contributed by atoms with Crippen molar-refractivity contribution in [3.63, 3.8) is 0 Å². The Morgan fingerprint density at radius 2 is 1.38 bits per heavy atom. The van der Waals surface area contributed by atoms with Crippen LogP contribution in [0, 0.1) is 5.92 Å². The maximum atomic E-state index is 4.67. The van der Waals surface area contributed by atoms with Crippen LogP contribution in [-0.4, -0.2) is 40.4 Å². The standard InChI is InChI=1S/C21H24N8/c1-4-21(3,29-25-20(23-27-29)18-13-9-6-10-14-18)16(2)15-28-24-19(22-26-28)17-11-7-5-8-12-17/h5-14,16H,4,15H2,1-3H3. The van der Waals surface area contributed by atoms with E-state index in [0.29, 0.717) is 18.2 Å². The highest BCUT2D eigenvalue weighted by Gasteiger charge is 2.35. The maximum Gasteiger partial charge on any atom is 0.204 e. The Bertz CT molecular complexity index is 1060. The minimum absolute atomic E-state index is 0.156. The number of hydrogen-bond acceptors (Lipinski definition) is 6. The molecule has 8 nitrogen and oxygen atoms in total. The Morgan fingerprint density at radius 1 is 0.828 bits per heavy atom. The number of aromatic nitrogens is 8. The van der Waals surface area contributed by atoms with Crippen LogP contribution in [0.4, 0.5) is 0 Å².